The number of phenolic OH excluding ortho intramolecular Hbond substituents is 1. The minimum Gasteiger partial charge on any atom is -0.508 e. The van der Waals surface area contributed by atoms with E-state index in [0.29, 0.717) is 12.3 Å². The molecule has 0 spiro atoms. The van der Waals surface area contributed by atoms with Crippen molar-refractivity contribution in [3.05, 3.63) is 28.3 Å². The largest absolute Gasteiger partial charge is 0.508 e. The van der Waals surface area contributed by atoms with E-state index in [0.717, 1.165) is 16.7 Å². The van der Waals surface area contributed by atoms with Crippen molar-refractivity contribution in [3.63, 3.8) is 0 Å². The normalized spacial score (nSPS) is 11.9. The lowest BCUT2D eigenvalue weighted by molar-refractivity contribution is 0.465. The Kier molecular flexibility index (Phi) is 3.10. The summed E-state index contributed by atoms with van der Waals surface area (Å²) in [6.07, 6.45) is 0. The van der Waals surface area contributed by atoms with E-state index < -0.39 is 0 Å². The molecule has 1 aromatic carbocycles. The molecule has 0 saturated heterocycles. The quantitative estimate of drug-likeness (QED) is 0.743. The van der Waals surface area contributed by atoms with Crippen LogP contribution in [0.15, 0.2) is 6.07 Å². The van der Waals surface area contributed by atoms with Gasteiger partial charge in [0.1, 0.15) is 5.75 Å². The van der Waals surface area contributed by atoms with Crippen LogP contribution in [-0.2, 0) is 12.0 Å². The molecule has 15 heavy (non-hydrogen) atoms. The third-order valence-electron chi connectivity index (χ3n) is 2.84. The van der Waals surface area contributed by atoms with Gasteiger partial charge in [0.15, 0.2) is 0 Å². The third kappa shape index (κ3) is 2.15. The van der Waals surface area contributed by atoms with Crippen LogP contribution in [0.5, 0.6) is 5.75 Å². The highest BCUT2D eigenvalue weighted by Crippen LogP contribution is 2.34. The summed E-state index contributed by atoms with van der Waals surface area (Å²) in [4.78, 5) is 0. The number of aromatic hydroxyl groups is 1. The topological polar surface area (TPSA) is 46.2 Å². The molecule has 2 heteroatoms. The summed E-state index contributed by atoms with van der Waals surface area (Å²) >= 11 is 0. The van der Waals surface area contributed by atoms with Crippen molar-refractivity contribution in [2.24, 2.45) is 5.73 Å². The van der Waals surface area contributed by atoms with Crippen LogP contribution < -0.4 is 5.73 Å². The summed E-state index contributed by atoms with van der Waals surface area (Å²) < 4.78 is 0. The van der Waals surface area contributed by atoms with E-state index >= 15 is 0 Å². The van der Waals surface area contributed by atoms with Gasteiger partial charge < -0.3 is 10.8 Å². The van der Waals surface area contributed by atoms with E-state index in [9.17, 15) is 5.11 Å². The second-order valence-electron chi connectivity index (χ2n) is 5.15. The molecule has 0 amide bonds. The average Bonchev–Trinajstić information content (AvgIpc) is 2.00. The van der Waals surface area contributed by atoms with Gasteiger partial charge in [0, 0.05) is 12.1 Å². The van der Waals surface area contributed by atoms with Crippen molar-refractivity contribution >= 4 is 0 Å². The average molecular weight is 207 g/mol. The SMILES string of the molecule is Cc1cc(O)c(CN)c(C)c1C(C)(C)C. The van der Waals surface area contributed by atoms with Crippen LogP contribution in [0, 0.1) is 13.8 Å². The molecule has 0 unspecified atom stereocenters. The highest BCUT2D eigenvalue weighted by Gasteiger charge is 2.21. The molecule has 0 heterocycles. The van der Waals surface area contributed by atoms with Crippen LogP contribution in [0.25, 0.3) is 0 Å². The molecule has 0 bridgehead atoms. The van der Waals surface area contributed by atoms with E-state index in [-0.39, 0.29) is 5.41 Å². The molecule has 1 rings (SSSR count). The Morgan fingerprint density at radius 3 is 2.20 bits per heavy atom. The van der Waals surface area contributed by atoms with Crippen molar-refractivity contribution in [1.82, 2.24) is 0 Å². The van der Waals surface area contributed by atoms with Gasteiger partial charge in [-0.3, -0.25) is 0 Å². The fraction of sp³-hybridized carbons (Fsp3) is 0.538. The van der Waals surface area contributed by atoms with Crippen LogP contribution in [-0.4, -0.2) is 5.11 Å². The highest BCUT2D eigenvalue weighted by atomic mass is 16.3. The summed E-state index contributed by atoms with van der Waals surface area (Å²) in [5.74, 6) is 0.320. The number of phenols is 1. The first-order valence-electron chi connectivity index (χ1n) is 5.31. The highest BCUT2D eigenvalue weighted by molar-refractivity contribution is 5.50. The molecular weight excluding hydrogens is 186 g/mol. The van der Waals surface area contributed by atoms with E-state index in [2.05, 4.69) is 20.8 Å². The lowest BCUT2D eigenvalue weighted by Crippen LogP contribution is -2.17. The molecule has 0 aliphatic carbocycles. The number of rotatable bonds is 1. The minimum absolute atomic E-state index is 0.0891. The van der Waals surface area contributed by atoms with Gasteiger partial charge in [-0.1, -0.05) is 20.8 Å². The van der Waals surface area contributed by atoms with Crippen LogP contribution in [0.2, 0.25) is 0 Å². The standard InChI is InChI=1S/C13H21NO/c1-8-6-11(15)10(7-14)9(2)12(8)13(3,4)5/h6,15H,7,14H2,1-5H3. The van der Waals surface area contributed by atoms with E-state index in [1.165, 1.54) is 5.56 Å². The lowest BCUT2D eigenvalue weighted by Gasteiger charge is -2.26. The number of benzene rings is 1. The Morgan fingerprint density at radius 2 is 1.80 bits per heavy atom. The fourth-order valence-electron chi connectivity index (χ4n) is 2.41. The predicted molar refractivity (Wildman–Crippen MR) is 64.2 cm³/mol. The molecule has 84 valence electrons. The number of nitrogens with two attached hydrogens (primary N) is 1. The smallest absolute Gasteiger partial charge is 0.120 e. The maximum absolute atomic E-state index is 9.78. The number of hydrogen-bond donors (Lipinski definition) is 2. The van der Waals surface area contributed by atoms with Gasteiger partial charge in [-0.25, -0.2) is 0 Å². The second kappa shape index (κ2) is 3.86. The van der Waals surface area contributed by atoms with Crippen LogP contribution in [0.4, 0.5) is 0 Å². The van der Waals surface area contributed by atoms with E-state index in [1.54, 1.807) is 0 Å². The second-order valence-corrected chi connectivity index (χ2v) is 5.15. The van der Waals surface area contributed by atoms with Crippen molar-refractivity contribution < 1.29 is 5.11 Å². The lowest BCUT2D eigenvalue weighted by atomic mass is 9.79. The maximum atomic E-state index is 9.78. The molecule has 0 atom stereocenters. The first-order valence-corrected chi connectivity index (χ1v) is 5.31. The van der Waals surface area contributed by atoms with Crippen molar-refractivity contribution in [2.45, 2.75) is 46.6 Å². The van der Waals surface area contributed by atoms with Gasteiger partial charge in [-0.15, -0.1) is 0 Å². The van der Waals surface area contributed by atoms with Crippen molar-refractivity contribution in [2.75, 3.05) is 0 Å². The molecular formula is C13H21NO. The van der Waals surface area contributed by atoms with Crippen molar-refractivity contribution in [3.8, 4) is 5.75 Å². The van der Waals surface area contributed by atoms with Gasteiger partial charge in [-0.05, 0) is 42.0 Å². The van der Waals surface area contributed by atoms with Crippen molar-refractivity contribution in [1.29, 1.82) is 0 Å². The molecule has 0 aliphatic rings. The zero-order valence-corrected chi connectivity index (χ0v) is 10.3. The summed E-state index contributed by atoms with van der Waals surface area (Å²) in [6, 6.07) is 1.82. The van der Waals surface area contributed by atoms with Gasteiger partial charge in [-0.2, -0.15) is 0 Å². The Bertz CT molecular complexity index is 375. The van der Waals surface area contributed by atoms with Gasteiger partial charge in [0.05, 0.1) is 0 Å². The zero-order valence-electron chi connectivity index (χ0n) is 10.3. The van der Waals surface area contributed by atoms with Crippen LogP contribution >= 0.6 is 0 Å². The van der Waals surface area contributed by atoms with Gasteiger partial charge in [0.2, 0.25) is 0 Å². The fourth-order valence-corrected chi connectivity index (χ4v) is 2.41. The van der Waals surface area contributed by atoms with Crippen LogP contribution in [0.1, 0.15) is 43.0 Å². The molecule has 2 nitrogen and oxygen atoms in total. The molecule has 0 fully saturated rings. The molecule has 0 radical (unpaired) electrons. The number of hydrogen-bond acceptors (Lipinski definition) is 2. The maximum Gasteiger partial charge on any atom is 0.120 e. The molecule has 3 N–H and O–H groups in total. The number of aryl methyl sites for hydroxylation is 1. The zero-order chi connectivity index (χ0) is 11.8. The predicted octanol–water partition coefficient (Wildman–Crippen LogP) is 2.77. The minimum atomic E-state index is 0.0891. The summed E-state index contributed by atoms with van der Waals surface area (Å²) in [7, 11) is 0. The summed E-state index contributed by atoms with van der Waals surface area (Å²) in [5, 5.41) is 9.78. The molecule has 1 aromatic rings. The van der Waals surface area contributed by atoms with E-state index in [4.69, 9.17) is 5.73 Å². The Labute approximate surface area is 92.1 Å². The molecule has 0 saturated carbocycles. The Morgan fingerprint density at radius 1 is 1.27 bits per heavy atom. The first-order chi connectivity index (χ1) is 6.79. The molecule has 0 aliphatic heterocycles. The summed E-state index contributed by atoms with van der Waals surface area (Å²) in [5.41, 5.74) is 10.2. The Balaban J connectivity index is 3.53. The molecule has 0 aromatic heterocycles. The third-order valence-corrected chi connectivity index (χ3v) is 2.84. The van der Waals surface area contributed by atoms with Crippen LogP contribution in [0.3, 0.4) is 0 Å². The Hall–Kier alpha value is -1.02. The first kappa shape index (κ1) is 12.1. The van der Waals surface area contributed by atoms with E-state index in [1.807, 2.05) is 19.9 Å². The van der Waals surface area contributed by atoms with Gasteiger partial charge in [0.25, 0.3) is 0 Å². The summed E-state index contributed by atoms with van der Waals surface area (Å²) in [6.45, 7) is 11.0. The monoisotopic (exact) mass is 207 g/mol. The van der Waals surface area contributed by atoms with Gasteiger partial charge >= 0.3 is 0 Å².